The van der Waals surface area contributed by atoms with Crippen LogP contribution in [0.4, 0.5) is 0 Å². The van der Waals surface area contributed by atoms with Crippen LogP contribution < -0.4 is 0 Å². The summed E-state index contributed by atoms with van der Waals surface area (Å²) in [6.45, 7) is 0.594. The maximum atomic E-state index is 10.4. The topological polar surface area (TPSA) is 32.6 Å². The molecular formula is C22H17NO. The highest BCUT2D eigenvalue weighted by Gasteiger charge is 2.03. The first kappa shape index (κ1) is 14.5. The molecule has 4 aromatic carbocycles. The molecule has 0 amide bonds. The van der Waals surface area contributed by atoms with Gasteiger partial charge in [-0.15, -0.1) is 0 Å². The molecule has 0 radical (unpaired) electrons. The quantitative estimate of drug-likeness (QED) is 0.510. The molecule has 24 heavy (non-hydrogen) atoms. The van der Waals surface area contributed by atoms with Crippen molar-refractivity contribution in [3.05, 3.63) is 90.0 Å². The van der Waals surface area contributed by atoms with Gasteiger partial charge in [0.15, 0.2) is 0 Å². The van der Waals surface area contributed by atoms with Crippen LogP contribution in [-0.2, 0) is 6.54 Å². The Morgan fingerprint density at radius 1 is 0.750 bits per heavy atom. The van der Waals surface area contributed by atoms with Gasteiger partial charge in [-0.2, -0.15) is 0 Å². The van der Waals surface area contributed by atoms with Crippen molar-refractivity contribution in [1.29, 1.82) is 0 Å². The van der Waals surface area contributed by atoms with E-state index in [9.17, 15) is 5.11 Å². The maximum Gasteiger partial charge on any atom is 0.132 e. The van der Waals surface area contributed by atoms with Crippen LogP contribution in [0, 0.1) is 0 Å². The van der Waals surface area contributed by atoms with Crippen molar-refractivity contribution in [1.82, 2.24) is 0 Å². The molecule has 2 nitrogen and oxygen atoms in total. The Labute approximate surface area is 140 Å². The summed E-state index contributed by atoms with van der Waals surface area (Å²) in [5, 5.41) is 14.7. The Morgan fingerprint density at radius 2 is 1.46 bits per heavy atom. The lowest BCUT2D eigenvalue weighted by atomic mass is 10.1. The third-order valence-electron chi connectivity index (χ3n) is 4.25. The summed E-state index contributed by atoms with van der Waals surface area (Å²) in [7, 11) is 0. The van der Waals surface area contributed by atoms with Gasteiger partial charge in [-0.3, -0.25) is 4.99 Å². The van der Waals surface area contributed by atoms with E-state index >= 15 is 0 Å². The number of benzene rings is 4. The summed E-state index contributed by atoms with van der Waals surface area (Å²) in [6.07, 6.45) is 1.75. The van der Waals surface area contributed by atoms with Crippen molar-refractivity contribution in [2.24, 2.45) is 4.99 Å². The fourth-order valence-electron chi connectivity index (χ4n) is 2.96. The number of aliphatic imine (C=N–C) groups is 1. The second kappa shape index (κ2) is 6.17. The Kier molecular flexibility index (Phi) is 3.72. The largest absolute Gasteiger partial charge is 0.507 e. The van der Waals surface area contributed by atoms with Crippen molar-refractivity contribution >= 4 is 27.8 Å². The van der Waals surface area contributed by atoms with Crippen LogP contribution in [0.2, 0.25) is 0 Å². The second-order valence-electron chi connectivity index (χ2n) is 5.88. The van der Waals surface area contributed by atoms with E-state index in [0.29, 0.717) is 6.54 Å². The SMILES string of the molecule is Oc1c(C=NCc2ccc3ccccc3c2)ccc2ccccc12. The summed E-state index contributed by atoms with van der Waals surface area (Å²) < 4.78 is 0. The van der Waals surface area contributed by atoms with Crippen molar-refractivity contribution in [2.45, 2.75) is 6.54 Å². The van der Waals surface area contributed by atoms with Crippen LogP contribution in [0.15, 0.2) is 83.9 Å². The van der Waals surface area contributed by atoms with E-state index in [1.54, 1.807) is 6.21 Å². The first-order valence-electron chi connectivity index (χ1n) is 7.99. The van der Waals surface area contributed by atoms with Gasteiger partial charge in [0.05, 0.1) is 6.54 Å². The molecule has 0 aliphatic rings. The number of rotatable bonds is 3. The predicted molar refractivity (Wildman–Crippen MR) is 101 cm³/mol. The van der Waals surface area contributed by atoms with E-state index in [0.717, 1.165) is 21.9 Å². The molecule has 1 N–H and O–H groups in total. The van der Waals surface area contributed by atoms with Gasteiger partial charge in [0.25, 0.3) is 0 Å². The Bertz CT molecular complexity index is 1050. The lowest BCUT2D eigenvalue weighted by Gasteiger charge is -2.04. The fourth-order valence-corrected chi connectivity index (χ4v) is 2.96. The molecule has 0 saturated carbocycles. The van der Waals surface area contributed by atoms with Gasteiger partial charge >= 0.3 is 0 Å². The zero-order valence-corrected chi connectivity index (χ0v) is 13.2. The smallest absolute Gasteiger partial charge is 0.132 e. The molecule has 0 fully saturated rings. The van der Waals surface area contributed by atoms with E-state index in [1.807, 2.05) is 48.5 Å². The van der Waals surface area contributed by atoms with E-state index in [-0.39, 0.29) is 5.75 Å². The van der Waals surface area contributed by atoms with Gasteiger partial charge in [-0.05, 0) is 33.9 Å². The summed E-state index contributed by atoms with van der Waals surface area (Å²) in [6, 6.07) is 26.4. The summed E-state index contributed by atoms with van der Waals surface area (Å²) in [5.41, 5.74) is 1.90. The lowest BCUT2D eigenvalue weighted by Crippen LogP contribution is -1.87. The number of hydrogen-bond acceptors (Lipinski definition) is 2. The minimum absolute atomic E-state index is 0.287. The minimum atomic E-state index is 0.287. The Hall–Kier alpha value is -3.13. The van der Waals surface area contributed by atoms with Crippen molar-refractivity contribution in [2.75, 3.05) is 0 Å². The Balaban J connectivity index is 1.59. The molecule has 0 aromatic heterocycles. The number of phenolic OH excluding ortho intramolecular Hbond substituents is 1. The minimum Gasteiger partial charge on any atom is -0.507 e. The summed E-state index contributed by atoms with van der Waals surface area (Å²) in [4.78, 5) is 4.50. The average molecular weight is 311 g/mol. The first-order valence-corrected chi connectivity index (χ1v) is 7.99. The summed E-state index contributed by atoms with van der Waals surface area (Å²) in [5.74, 6) is 0.287. The molecule has 4 aromatic rings. The highest BCUT2D eigenvalue weighted by molar-refractivity contribution is 5.97. The van der Waals surface area contributed by atoms with E-state index in [2.05, 4.69) is 35.3 Å². The van der Waals surface area contributed by atoms with Gasteiger partial charge < -0.3 is 5.11 Å². The molecule has 4 rings (SSSR count). The average Bonchev–Trinajstić information content (AvgIpc) is 2.64. The molecule has 0 heterocycles. The monoisotopic (exact) mass is 311 g/mol. The lowest BCUT2D eigenvalue weighted by molar-refractivity contribution is 0.481. The van der Waals surface area contributed by atoms with E-state index < -0.39 is 0 Å². The van der Waals surface area contributed by atoms with Crippen LogP contribution >= 0.6 is 0 Å². The van der Waals surface area contributed by atoms with Crippen LogP contribution in [0.5, 0.6) is 5.75 Å². The Morgan fingerprint density at radius 3 is 2.33 bits per heavy atom. The molecule has 0 aliphatic carbocycles. The van der Waals surface area contributed by atoms with Crippen molar-refractivity contribution in [3.8, 4) is 5.75 Å². The highest BCUT2D eigenvalue weighted by Crippen LogP contribution is 2.27. The standard InChI is InChI=1S/C22H17NO/c24-22-20(12-11-18-6-3-4-8-21(18)22)15-23-14-16-9-10-17-5-1-2-7-19(17)13-16/h1-13,15,24H,14H2. The zero-order chi connectivity index (χ0) is 16.4. The van der Waals surface area contributed by atoms with Crippen LogP contribution in [0.1, 0.15) is 11.1 Å². The third-order valence-corrected chi connectivity index (χ3v) is 4.25. The van der Waals surface area contributed by atoms with E-state index in [4.69, 9.17) is 0 Å². The molecule has 2 heteroatoms. The number of nitrogens with zero attached hydrogens (tertiary/aromatic N) is 1. The number of hydrogen-bond donors (Lipinski definition) is 1. The van der Waals surface area contributed by atoms with Gasteiger partial charge in [-0.25, -0.2) is 0 Å². The molecule has 0 unspecified atom stereocenters. The number of aromatic hydroxyl groups is 1. The predicted octanol–water partition coefficient (Wildman–Crippen LogP) is 5.32. The first-order chi connectivity index (χ1) is 11.8. The van der Waals surface area contributed by atoms with Gasteiger partial charge in [0.2, 0.25) is 0 Å². The second-order valence-corrected chi connectivity index (χ2v) is 5.88. The normalized spacial score (nSPS) is 11.5. The van der Waals surface area contributed by atoms with Crippen molar-refractivity contribution < 1.29 is 5.11 Å². The molecule has 0 bridgehead atoms. The van der Waals surface area contributed by atoms with Crippen molar-refractivity contribution in [3.63, 3.8) is 0 Å². The van der Waals surface area contributed by atoms with Crippen LogP contribution in [0.3, 0.4) is 0 Å². The molecule has 116 valence electrons. The molecular weight excluding hydrogens is 294 g/mol. The molecule has 0 atom stereocenters. The van der Waals surface area contributed by atoms with Gasteiger partial charge in [-0.1, -0.05) is 66.7 Å². The maximum absolute atomic E-state index is 10.4. The number of phenols is 1. The third kappa shape index (κ3) is 2.74. The van der Waals surface area contributed by atoms with E-state index in [1.165, 1.54) is 10.8 Å². The van der Waals surface area contributed by atoms with Gasteiger partial charge in [0.1, 0.15) is 5.75 Å². The number of fused-ring (bicyclic) bond motifs is 2. The summed E-state index contributed by atoms with van der Waals surface area (Å²) >= 11 is 0. The van der Waals surface area contributed by atoms with Crippen LogP contribution in [0.25, 0.3) is 21.5 Å². The molecule has 0 spiro atoms. The zero-order valence-electron chi connectivity index (χ0n) is 13.2. The van der Waals surface area contributed by atoms with Crippen LogP contribution in [-0.4, -0.2) is 11.3 Å². The van der Waals surface area contributed by atoms with Gasteiger partial charge in [0, 0.05) is 17.2 Å². The molecule has 0 aliphatic heterocycles. The highest BCUT2D eigenvalue weighted by atomic mass is 16.3. The molecule has 0 saturated heterocycles. The fraction of sp³-hybridized carbons (Fsp3) is 0.0455.